The summed E-state index contributed by atoms with van der Waals surface area (Å²) in [5, 5.41) is 27.4. The van der Waals surface area contributed by atoms with Crippen molar-refractivity contribution >= 4 is 17.3 Å². The van der Waals surface area contributed by atoms with Gasteiger partial charge in [-0.05, 0) is 40.2 Å². The number of rotatable bonds is 7. The van der Waals surface area contributed by atoms with Gasteiger partial charge >= 0.3 is 5.69 Å². The van der Waals surface area contributed by atoms with Crippen molar-refractivity contribution in [3.63, 3.8) is 0 Å². The van der Waals surface area contributed by atoms with Crippen molar-refractivity contribution in [3.8, 4) is 0 Å². The summed E-state index contributed by atoms with van der Waals surface area (Å²) >= 11 is 0. The SMILES string of the molecule is CCCNc1ccc([N+](=O)[O-])c(NC(C)(C)C(C)(C)O)n1. The van der Waals surface area contributed by atoms with E-state index in [1.807, 2.05) is 6.92 Å². The quantitative estimate of drug-likeness (QED) is 0.528. The molecule has 7 nitrogen and oxygen atoms in total. The molecule has 0 saturated heterocycles. The average molecular weight is 296 g/mol. The van der Waals surface area contributed by atoms with E-state index in [0.717, 1.165) is 13.0 Å². The number of aromatic nitrogens is 1. The molecule has 0 aliphatic carbocycles. The predicted molar refractivity (Wildman–Crippen MR) is 83.7 cm³/mol. The van der Waals surface area contributed by atoms with Crippen molar-refractivity contribution in [3.05, 3.63) is 22.2 Å². The molecule has 1 aromatic rings. The summed E-state index contributed by atoms with van der Waals surface area (Å²) in [6.45, 7) is 9.58. The zero-order valence-corrected chi connectivity index (χ0v) is 13.2. The number of nitrogens with one attached hydrogen (secondary N) is 2. The van der Waals surface area contributed by atoms with Gasteiger partial charge in [0.2, 0.25) is 5.82 Å². The highest BCUT2D eigenvalue weighted by Crippen LogP contribution is 2.31. The van der Waals surface area contributed by atoms with Gasteiger partial charge in [-0.25, -0.2) is 4.98 Å². The molecule has 0 atom stereocenters. The minimum atomic E-state index is -1.07. The third-order valence-electron chi connectivity index (χ3n) is 3.59. The molecule has 7 heteroatoms. The Morgan fingerprint density at radius 3 is 2.43 bits per heavy atom. The van der Waals surface area contributed by atoms with Crippen molar-refractivity contribution in [2.45, 2.75) is 52.2 Å². The second kappa shape index (κ2) is 6.26. The first-order valence-corrected chi connectivity index (χ1v) is 6.98. The van der Waals surface area contributed by atoms with Gasteiger partial charge < -0.3 is 15.7 Å². The normalized spacial score (nSPS) is 12.1. The van der Waals surface area contributed by atoms with E-state index >= 15 is 0 Å². The summed E-state index contributed by atoms with van der Waals surface area (Å²) in [4.78, 5) is 14.9. The van der Waals surface area contributed by atoms with Crippen molar-refractivity contribution in [2.24, 2.45) is 0 Å². The number of anilines is 2. The maximum atomic E-state index is 11.1. The fourth-order valence-corrected chi connectivity index (χ4v) is 1.49. The third-order valence-corrected chi connectivity index (χ3v) is 3.59. The van der Waals surface area contributed by atoms with Crippen LogP contribution in [-0.2, 0) is 0 Å². The topological polar surface area (TPSA) is 100 Å². The second-order valence-electron chi connectivity index (χ2n) is 6.06. The van der Waals surface area contributed by atoms with Crippen molar-refractivity contribution < 1.29 is 10.0 Å². The summed E-state index contributed by atoms with van der Waals surface area (Å²) in [5.41, 5.74) is -1.97. The van der Waals surface area contributed by atoms with Crippen LogP contribution in [0.2, 0.25) is 0 Å². The van der Waals surface area contributed by atoms with E-state index in [2.05, 4.69) is 15.6 Å². The molecule has 0 unspecified atom stereocenters. The van der Waals surface area contributed by atoms with Gasteiger partial charge in [0.1, 0.15) is 5.82 Å². The number of pyridine rings is 1. The van der Waals surface area contributed by atoms with Crippen LogP contribution in [0.4, 0.5) is 17.3 Å². The lowest BCUT2D eigenvalue weighted by Gasteiger charge is -2.38. The zero-order chi connectivity index (χ0) is 16.3. The summed E-state index contributed by atoms with van der Waals surface area (Å²) in [6.07, 6.45) is 0.927. The van der Waals surface area contributed by atoms with Gasteiger partial charge in [-0.1, -0.05) is 6.92 Å². The maximum absolute atomic E-state index is 11.1. The minimum absolute atomic E-state index is 0.116. The largest absolute Gasteiger partial charge is 0.388 e. The summed E-state index contributed by atoms with van der Waals surface area (Å²) in [7, 11) is 0. The Morgan fingerprint density at radius 1 is 1.33 bits per heavy atom. The van der Waals surface area contributed by atoms with Crippen molar-refractivity contribution in [1.82, 2.24) is 4.98 Å². The Labute approximate surface area is 124 Å². The summed E-state index contributed by atoms with van der Waals surface area (Å²) in [6, 6.07) is 2.99. The van der Waals surface area contributed by atoms with E-state index in [9.17, 15) is 15.2 Å². The highest BCUT2D eigenvalue weighted by Gasteiger charge is 2.37. The van der Waals surface area contributed by atoms with Crippen LogP contribution in [0.1, 0.15) is 41.0 Å². The Morgan fingerprint density at radius 2 is 1.95 bits per heavy atom. The molecule has 1 aromatic heterocycles. The Bertz CT molecular complexity index is 509. The fourth-order valence-electron chi connectivity index (χ4n) is 1.49. The zero-order valence-electron chi connectivity index (χ0n) is 13.2. The van der Waals surface area contributed by atoms with Crippen LogP contribution in [0.5, 0.6) is 0 Å². The molecule has 1 rings (SSSR count). The molecule has 21 heavy (non-hydrogen) atoms. The molecular formula is C14H24N4O3. The van der Waals surface area contributed by atoms with Gasteiger partial charge in [-0.3, -0.25) is 10.1 Å². The van der Waals surface area contributed by atoms with E-state index in [4.69, 9.17) is 0 Å². The highest BCUT2D eigenvalue weighted by molar-refractivity contribution is 5.61. The lowest BCUT2D eigenvalue weighted by Crippen LogP contribution is -2.51. The van der Waals surface area contributed by atoms with Gasteiger partial charge in [-0.2, -0.15) is 0 Å². The molecule has 0 fully saturated rings. The van der Waals surface area contributed by atoms with E-state index in [-0.39, 0.29) is 11.5 Å². The first-order valence-electron chi connectivity index (χ1n) is 6.98. The maximum Gasteiger partial charge on any atom is 0.311 e. The standard InChI is InChI=1S/C14H24N4O3/c1-6-9-15-11-8-7-10(18(20)21)12(16-11)17-13(2,3)14(4,5)19/h7-8,19H,6,9H2,1-5H3,(H2,15,16,17). The molecule has 1 heterocycles. The molecule has 0 amide bonds. The van der Waals surface area contributed by atoms with Crippen LogP contribution >= 0.6 is 0 Å². The number of aliphatic hydroxyl groups is 1. The lowest BCUT2D eigenvalue weighted by molar-refractivity contribution is -0.384. The van der Waals surface area contributed by atoms with Gasteiger partial charge in [0.15, 0.2) is 0 Å². The highest BCUT2D eigenvalue weighted by atomic mass is 16.6. The average Bonchev–Trinajstić information content (AvgIpc) is 2.34. The molecule has 0 radical (unpaired) electrons. The van der Waals surface area contributed by atoms with E-state index < -0.39 is 16.1 Å². The van der Waals surface area contributed by atoms with E-state index in [0.29, 0.717) is 5.82 Å². The third kappa shape index (κ3) is 4.29. The molecule has 118 valence electrons. The molecule has 0 aliphatic rings. The van der Waals surface area contributed by atoms with E-state index in [1.165, 1.54) is 6.07 Å². The smallest absolute Gasteiger partial charge is 0.311 e. The van der Waals surface area contributed by atoms with Crippen LogP contribution in [-0.4, -0.2) is 32.7 Å². The number of nitro groups is 1. The predicted octanol–water partition coefficient (Wildman–Crippen LogP) is 2.77. The van der Waals surface area contributed by atoms with Crippen LogP contribution in [0.3, 0.4) is 0 Å². The van der Waals surface area contributed by atoms with Crippen LogP contribution in [0.15, 0.2) is 12.1 Å². The van der Waals surface area contributed by atoms with Gasteiger partial charge in [0.25, 0.3) is 0 Å². The molecule has 3 N–H and O–H groups in total. The van der Waals surface area contributed by atoms with E-state index in [1.54, 1.807) is 33.8 Å². The molecule has 0 aliphatic heterocycles. The first-order chi connectivity index (χ1) is 9.58. The summed E-state index contributed by atoms with van der Waals surface area (Å²) in [5.74, 6) is 0.713. The number of hydrogen-bond acceptors (Lipinski definition) is 6. The Hall–Kier alpha value is -1.89. The Balaban J connectivity index is 3.15. The Kier molecular flexibility index (Phi) is 5.11. The minimum Gasteiger partial charge on any atom is -0.388 e. The number of nitrogens with zero attached hydrogens (tertiary/aromatic N) is 2. The van der Waals surface area contributed by atoms with Crippen molar-refractivity contribution in [1.29, 1.82) is 0 Å². The fraction of sp³-hybridized carbons (Fsp3) is 0.643. The second-order valence-corrected chi connectivity index (χ2v) is 6.06. The van der Waals surface area contributed by atoms with Gasteiger partial charge in [-0.15, -0.1) is 0 Å². The molecule has 0 saturated carbocycles. The molecular weight excluding hydrogens is 272 g/mol. The summed E-state index contributed by atoms with van der Waals surface area (Å²) < 4.78 is 0. The molecule has 0 aromatic carbocycles. The van der Waals surface area contributed by atoms with Crippen LogP contribution < -0.4 is 10.6 Å². The monoisotopic (exact) mass is 296 g/mol. The number of hydrogen-bond donors (Lipinski definition) is 3. The van der Waals surface area contributed by atoms with Crippen molar-refractivity contribution in [2.75, 3.05) is 17.2 Å². The van der Waals surface area contributed by atoms with Gasteiger partial charge in [0.05, 0.1) is 16.1 Å². The first kappa shape index (κ1) is 17.2. The van der Waals surface area contributed by atoms with Gasteiger partial charge in [0, 0.05) is 12.6 Å². The lowest BCUT2D eigenvalue weighted by atomic mass is 9.86. The van der Waals surface area contributed by atoms with Crippen LogP contribution in [0, 0.1) is 10.1 Å². The van der Waals surface area contributed by atoms with Crippen LogP contribution in [0.25, 0.3) is 0 Å². The molecule has 0 bridgehead atoms. The molecule has 0 spiro atoms.